The normalized spacial score (nSPS) is 15.1. The van der Waals surface area contributed by atoms with E-state index in [1.165, 1.54) is 17.3 Å². The Morgan fingerprint density at radius 3 is 2.65 bits per heavy atom. The summed E-state index contributed by atoms with van der Waals surface area (Å²) < 4.78 is 1.97. The number of aromatic amines is 1. The minimum absolute atomic E-state index is 0.0665. The van der Waals surface area contributed by atoms with Gasteiger partial charge < -0.3 is 4.90 Å². The Hall–Kier alpha value is -3.91. The maximum atomic E-state index is 13.3. The third kappa shape index (κ3) is 3.47. The Morgan fingerprint density at radius 1 is 1.00 bits per heavy atom. The highest BCUT2D eigenvalue weighted by Gasteiger charge is 2.31. The maximum absolute atomic E-state index is 13.3. The van der Waals surface area contributed by atoms with Crippen molar-refractivity contribution in [2.75, 3.05) is 10.7 Å². The second kappa shape index (κ2) is 8.46. The van der Waals surface area contributed by atoms with Crippen LogP contribution in [0.3, 0.4) is 0 Å². The molecule has 1 aliphatic heterocycles. The van der Waals surface area contributed by atoms with Crippen LogP contribution < -0.4 is 4.90 Å². The monoisotopic (exact) mass is 466 g/mol. The lowest BCUT2D eigenvalue weighted by atomic mass is 10.1. The minimum Gasteiger partial charge on any atom is -0.308 e. The lowest BCUT2D eigenvalue weighted by molar-refractivity contribution is -0.116. The molecular formula is C26H22N6OS. The fraction of sp³-hybridized carbons (Fsp3) is 0.154. The number of aromatic nitrogens is 5. The summed E-state index contributed by atoms with van der Waals surface area (Å²) >= 11 is 1.40. The van der Waals surface area contributed by atoms with E-state index in [1.54, 1.807) is 0 Å². The van der Waals surface area contributed by atoms with Crippen LogP contribution in [0.5, 0.6) is 0 Å². The highest BCUT2D eigenvalue weighted by Crippen LogP contribution is 2.34. The molecule has 1 aliphatic rings. The molecule has 5 aromatic rings. The fourth-order valence-electron chi connectivity index (χ4n) is 4.60. The molecule has 0 bridgehead atoms. The molecule has 2 aromatic heterocycles. The molecule has 1 N–H and O–H groups in total. The topological polar surface area (TPSA) is 79.7 Å². The van der Waals surface area contributed by atoms with Crippen LogP contribution in [-0.4, -0.2) is 42.7 Å². The van der Waals surface area contributed by atoms with Gasteiger partial charge >= 0.3 is 0 Å². The van der Waals surface area contributed by atoms with Crippen molar-refractivity contribution in [3.05, 3.63) is 84.4 Å². The smallest absolute Gasteiger partial charge is 0.237 e. The zero-order valence-corrected chi connectivity index (χ0v) is 19.4. The van der Waals surface area contributed by atoms with Gasteiger partial charge in [-0.1, -0.05) is 66.4 Å². The molecule has 6 rings (SSSR count). The Bertz CT molecular complexity index is 1490. The number of thioether (sulfide) groups is 1. The van der Waals surface area contributed by atoms with Crippen LogP contribution in [0.2, 0.25) is 0 Å². The summed E-state index contributed by atoms with van der Waals surface area (Å²) in [6.07, 6.45) is 0.878. The Balaban J connectivity index is 1.35. The number of nitrogens with zero attached hydrogens (tertiary/aromatic N) is 5. The van der Waals surface area contributed by atoms with Crippen molar-refractivity contribution in [2.24, 2.45) is 0 Å². The van der Waals surface area contributed by atoms with Gasteiger partial charge in [0, 0.05) is 22.8 Å². The van der Waals surface area contributed by atoms with E-state index in [2.05, 4.69) is 33.4 Å². The fourth-order valence-corrected chi connectivity index (χ4v) is 5.41. The van der Waals surface area contributed by atoms with Crippen LogP contribution in [0.25, 0.3) is 28.1 Å². The first-order valence-corrected chi connectivity index (χ1v) is 12.2. The lowest BCUT2D eigenvalue weighted by Crippen LogP contribution is -2.37. The molecule has 3 aromatic carbocycles. The third-order valence-corrected chi connectivity index (χ3v) is 7.04. The minimum atomic E-state index is 0.0665. The second-order valence-electron chi connectivity index (χ2n) is 8.33. The first-order chi connectivity index (χ1) is 16.7. The maximum Gasteiger partial charge on any atom is 0.237 e. The number of hydrogen-bond donors (Lipinski definition) is 1. The molecule has 1 amide bonds. The van der Waals surface area contributed by atoms with Crippen molar-refractivity contribution in [2.45, 2.75) is 24.5 Å². The van der Waals surface area contributed by atoms with Crippen molar-refractivity contribution in [3.8, 4) is 17.2 Å². The van der Waals surface area contributed by atoms with E-state index >= 15 is 0 Å². The van der Waals surface area contributed by atoms with Gasteiger partial charge in [0.15, 0.2) is 11.0 Å². The summed E-state index contributed by atoms with van der Waals surface area (Å²) in [4.78, 5) is 15.2. The zero-order chi connectivity index (χ0) is 23.1. The van der Waals surface area contributed by atoms with Crippen molar-refractivity contribution in [3.63, 3.8) is 0 Å². The molecule has 0 saturated carbocycles. The van der Waals surface area contributed by atoms with Gasteiger partial charge in [0.25, 0.3) is 0 Å². The molecule has 0 radical (unpaired) electrons. The predicted molar refractivity (Wildman–Crippen MR) is 134 cm³/mol. The quantitative estimate of drug-likeness (QED) is 0.374. The van der Waals surface area contributed by atoms with Crippen molar-refractivity contribution < 1.29 is 4.79 Å². The lowest BCUT2D eigenvalue weighted by Gasteiger charge is -2.22. The van der Waals surface area contributed by atoms with Crippen LogP contribution in [0, 0.1) is 0 Å². The van der Waals surface area contributed by atoms with E-state index in [0.717, 1.165) is 34.4 Å². The van der Waals surface area contributed by atoms with E-state index in [4.69, 9.17) is 0 Å². The van der Waals surface area contributed by atoms with Gasteiger partial charge in [-0.2, -0.15) is 5.10 Å². The third-order valence-electron chi connectivity index (χ3n) is 6.13. The molecule has 34 heavy (non-hydrogen) atoms. The second-order valence-corrected chi connectivity index (χ2v) is 9.27. The van der Waals surface area contributed by atoms with Crippen molar-refractivity contribution >= 4 is 34.3 Å². The number of amides is 1. The zero-order valence-electron chi connectivity index (χ0n) is 18.5. The van der Waals surface area contributed by atoms with E-state index in [-0.39, 0.29) is 17.7 Å². The first kappa shape index (κ1) is 20.7. The average Bonchev–Trinajstić information content (AvgIpc) is 3.57. The molecule has 168 valence electrons. The number of H-pyrrole nitrogens is 1. The Kier molecular flexibility index (Phi) is 5.15. The van der Waals surface area contributed by atoms with Gasteiger partial charge in [-0.05, 0) is 43.2 Å². The Labute approximate surface area is 200 Å². The molecule has 0 saturated heterocycles. The molecule has 1 atom stereocenters. The molecule has 0 aliphatic carbocycles. The highest BCUT2D eigenvalue weighted by atomic mass is 32.2. The van der Waals surface area contributed by atoms with Gasteiger partial charge in [0.1, 0.15) is 5.69 Å². The van der Waals surface area contributed by atoms with Gasteiger partial charge in [0.2, 0.25) is 5.91 Å². The molecule has 8 heteroatoms. The van der Waals surface area contributed by atoms with Crippen LogP contribution in [0.1, 0.15) is 12.5 Å². The van der Waals surface area contributed by atoms with E-state index in [0.29, 0.717) is 11.0 Å². The standard InChI is InChI=1S/C26H22N6OS/c1-17-15-18-9-5-8-14-22(18)31(17)23(33)16-34-26-30-29-25(32(26)19-10-3-2-4-11-19)24-20-12-6-7-13-21(20)27-28-24/h2-14,17H,15-16H2,1H3,(H,27,28)/t17-/m0/s1. The average molecular weight is 467 g/mol. The van der Waals surface area contributed by atoms with Crippen LogP contribution in [0.4, 0.5) is 5.69 Å². The summed E-state index contributed by atoms with van der Waals surface area (Å²) in [5.74, 6) is 0.973. The number of rotatable bonds is 5. The molecule has 0 unspecified atom stereocenters. The summed E-state index contributed by atoms with van der Waals surface area (Å²) in [6.45, 7) is 2.09. The summed E-state index contributed by atoms with van der Waals surface area (Å²) in [6, 6.07) is 26.2. The molecular weight excluding hydrogens is 444 g/mol. The largest absolute Gasteiger partial charge is 0.308 e. The van der Waals surface area contributed by atoms with E-state index in [1.807, 2.05) is 82.3 Å². The first-order valence-electron chi connectivity index (χ1n) is 11.2. The molecule has 0 fully saturated rings. The van der Waals surface area contributed by atoms with E-state index < -0.39 is 0 Å². The molecule has 7 nitrogen and oxygen atoms in total. The Morgan fingerprint density at radius 2 is 1.76 bits per heavy atom. The van der Waals surface area contributed by atoms with Crippen LogP contribution in [-0.2, 0) is 11.2 Å². The number of fused-ring (bicyclic) bond motifs is 2. The van der Waals surface area contributed by atoms with Crippen molar-refractivity contribution in [1.82, 2.24) is 25.0 Å². The summed E-state index contributed by atoms with van der Waals surface area (Å²) in [5.41, 5.74) is 4.81. The number of carbonyl (C=O) groups is 1. The van der Waals surface area contributed by atoms with Gasteiger partial charge in [-0.3, -0.25) is 14.5 Å². The number of benzene rings is 3. The van der Waals surface area contributed by atoms with Gasteiger partial charge in [0.05, 0.1) is 11.3 Å². The van der Waals surface area contributed by atoms with Crippen LogP contribution in [0.15, 0.2) is 84.0 Å². The number of hydrogen-bond acceptors (Lipinski definition) is 5. The summed E-state index contributed by atoms with van der Waals surface area (Å²) in [5, 5.41) is 18.2. The van der Waals surface area contributed by atoms with Gasteiger partial charge in [-0.15, -0.1) is 10.2 Å². The molecule has 0 spiro atoms. The summed E-state index contributed by atoms with van der Waals surface area (Å²) in [7, 11) is 0. The molecule has 3 heterocycles. The predicted octanol–water partition coefficient (Wildman–Crippen LogP) is 4.88. The number of nitrogens with one attached hydrogen (secondary N) is 1. The number of carbonyl (C=O) groups excluding carboxylic acids is 1. The van der Waals surface area contributed by atoms with Crippen LogP contribution >= 0.6 is 11.8 Å². The SMILES string of the molecule is C[C@H]1Cc2ccccc2N1C(=O)CSc1nnc(-c2n[nH]c3ccccc23)n1-c1ccccc1. The van der Waals surface area contributed by atoms with Crippen molar-refractivity contribution in [1.29, 1.82) is 0 Å². The number of para-hydroxylation sites is 3. The highest BCUT2D eigenvalue weighted by molar-refractivity contribution is 7.99. The van der Waals surface area contributed by atoms with E-state index in [9.17, 15) is 4.79 Å². The van der Waals surface area contributed by atoms with Gasteiger partial charge in [-0.25, -0.2) is 0 Å². The number of anilines is 1.